The van der Waals surface area contributed by atoms with Crippen LogP contribution in [0.15, 0.2) is 6.07 Å². The van der Waals surface area contributed by atoms with Gasteiger partial charge in [-0.2, -0.15) is 4.98 Å². The molecule has 1 aliphatic heterocycles. The third-order valence-electron chi connectivity index (χ3n) is 5.20. The van der Waals surface area contributed by atoms with Gasteiger partial charge in [-0.3, -0.25) is 0 Å². The van der Waals surface area contributed by atoms with Crippen molar-refractivity contribution in [3.63, 3.8) is 0 Å². The molecular formula is C19H31N5S. The monoisotopic (exact) mass is 361 g/mol. The minimum Gasteiger partial charge on any atom is -0.360 e. The van der Waals surface area contributed by atoms with Gasteiger partial charge in [0.2, 0.25) is 5.95 Å². The molecule has 2 fully saturated rings. The molecule has 2 heterocycles. The third kappa shape index (κ3) is 5.27. The minimum atomic E-state index is 0.488. The van der Waals surface area contributed by atoms with Gasteiger partial charge in [-0.15, -0.1) is 0 Å². The molecule has 0 amide bonds. The molecule has 1 saturated carbocycles. The number of hydrogen-bond acceptors (Lipinski definition) is 4. The fourth-order valence-electron chi connectivity index (χ4n) is 4.19. The van der Waals surface area contributed by atoms with Gasteiger partial charge in [-0.1, -0.05) is 33.1 Å². The van der Waals surface area contributed by atoms with Gasteiger partial charge in [-0.05, 0) is 50.2 Å². The molecule has 6 heteroatoms. The SMILES string of the molecule is Cc1cc(N2C[C@@H](C)C[C@H](C)C2)nc(NC(=S)NC2CCCCC2)n1. The van der Waals surface area contributed by atoms with E-state index >= 15 is 0 Å². The largest absolute Gasteiger partial charge is 0.360 e. The second-order valence-corrected chi connectivity index (χ2v) is 8.38. The molecule has 2 atom stereocenters. The van der Waals surface area contributed by atoms with E-state index in [1.807, 2.05) is 6.92 Å². The Morgan fingerprint density at radius 3 is 2.48 bits per heavy atom. The summed E-state index contributed by atoms with van der Waals surface area (Å²) in [7, 11) is 0. The van der Waals surface area contributed by atoms with Gasteiger partial charge in [0, 0.05) is 30.9 Å². The zero-order chi connectivity index (χ0) is 17.8. The highest BCUT2D eigenvalue weighted by atomic mass is 32.1. The molecule has 0 aromatic carbocycles. The Labute approximate surface area is 157 Å². The van der Waals surface area contributed by atoms with E-state index in [2.05, 4.69) is 40.4 Å². The van der Waals surface area contributed by atoms with Crippen molar-refractivity contribution in [2.45, 2.75) is 65.3 Å². The van der Waals surface area contributed by atoms with Crippen LogP contribution in [-0.4, -0.2) is 34.2 Å². The Bertz CT molecular complexity index is 589. The molecule has 0 radical (unpaired) electrons. The maximum absolute atomic E-state index is 5.48. The van der Waals surface area contributed by atoms with E-state index in [4.69, 9.17) is 17.2 Å². The summed E-state index contributed by atoms with van der Waals surface area (Å²) in [6, 6.07) is 2.56. The highest BCUT2D eigenvalue weighted by Gasteiger charge is 2.23. The number of aryl methyl sites for hydroxylation is 1. The molecule has 1 aromatic heterocycles. The van der Waals surface area contributed by atoms with E-state index in [1.165, 1.54) is 38.5 Å². The Hall–Kier alpha value is -1.43. The van der Waals surface area contributed by atoms with Gasteiger partial charge < -0.3 is 15.5 Å². The maximum atomic E-state index is 5.48. The number of aromatic nitrogens is 2. The fraction of sp³-hybridized carbons (Fsp3) is 0.737. The van der Waals surface area contributed by atoms with Gasteiger partial charge in [0.25, 0.3) is 0 Å². The quantitative estimate of drug-likeness (QED) is 0.797. The lowest BCUT2D eigenvalue weighted by Gasteiger charge is -2.36. The Morgan fingerprint density at radius 2 is 1.80 bits per heavy atom. The smallest absolute Gasteiger partial charge is 0.231 e. The van der Waals surface area contributed by atoms with Crippen molar-refractivity contribution in [3.05, 3.63) is 11.8 Å². The first-order valence-electron chi connectivity index (χ1n) is 9.67. The average Bonchev–Trinajstić information content (AvgIpc) is 2.54. The van der Waals surface area contributed by atoms with Gasteiger partial charge in [0.1, 0.15) is 5.82 Å². The van der Waals surface area contributed by atoms with Crippen LogP contribution >= 0.6 is 12.2 Å². The van der Waals surface area contributed by atoms with Crippen molar-refractivity contribution >= 4 is 29.1 Å². The minimum absolute atomic E-state index is 0.488. The molecule has 1 saturated heterocycles. The normalized spacial score (nSPS) is 24.8. The van der Waals surface area contributed by atoms with Crippen LogP contribution in [0.3, 0.4) is 0 Å². The highest BCUT2D eigenvalue weighted by Crippen LogP contribution is 2.26. The molecule has 1 aromatic rings. The predicted octanol–water partition coefficient (Wildman–Crippen LogP) is 3.89. The summed E-state index contributed by atoms with van der Waals surface area (Å²) < 4.78 is 0. The van der Waals surface area contributed by atoms with Crippen molar-refractivity contribution < 1.29 is 0 Å². The van der Waals surface area contributed by atoms with E-state index in [0.29, 0.717) is 28.9 Å². The van der Waals surface area contributed by atoms with Crippen molar-refractivity contribution in [3.8, 4) is 0 Å². The van der Waals surface area contributed by atoms with Crippen LogP contribution in [0, 0.1) is 18.8 Å². The number of nitrogens with one attached hydrogen (secondary N) is 2. The zero-order valence-corrected chi connectivity index (χ0v) is 16.5. The van der Waals surface area contributed by atoms with Crippen LogP contribution < -0.4 is 15.5 Å². The number of rotatable bonds is 3. The molecule has 3 rings (SSSR count). The summed E-state index contributed by atoms with van der Waals surface area (Å²) in [5, 5.41) is 7.27. The summed E-state index contributed by atoms with van der Waals surface area (Å²) >= 11 is 5.48. The topological polar surface area (TPSA) is 53.1 Å². The molecule has 0 unspecified atom stereocenters. The van der Waals surface area contributed by atoms with Crippen molar-refractivity contribution in [1.82, 2.24) is 15.3 Å². The number of thiocarbonyl (C=S) groups is 1. The first kappa shape index (κ1) is 18.4. The standard InChI is InChI=1S/C19H31N5S/c1-13-9-14(2)12-24(11-13)17-10-15(3)20-18(22-17)23-19(25)21-16-7-5-4-6-8-16/h10,13-14,16H,4-9,11-12H2,1-3H3,(H2,20,21,22,23,25)/t13-,14-/m0/s1. The number of hydrogen-bond donors (Lipinski definition) is 2. The molecule has 0 bridgehead atoms. The molecule has 5 nitrogen and oxygen atoms in total. The van der Waals surface area contributed by atoms with Crippen molar-refractivity contribution in [2.75, 3.05) is 23.3 Å². The van der Waals surface area contributed by atoms with Crippen LogP contribution in [-0.2, 0) is 0 Å². The molecule has 138 valence electrons. The van der Waals surface area contributed by atoms with Crippen molar-refractivity contribution in [1.29, 1.82) is 0 Å². The van der Waals surface area contributed by atoms with E-state index in [-0.39, 0.29) is 0 Å². The summed E-state index contributed by atoms with van der Waals surface area (Å²) in [6.45, 7) is 8.78. The van der Waals surface area contributed by atoms with Crippen LogP contribution in [0.25, 0.3) is 0 Å². The summed E-state index contributed by atoms with van der Waals surface area (Å²) in [4.78, 5) is 11.6. The predicted molar refractivity (Wildman–Crippen MR) is 108 cm³/mol. The number of anilines is 2. The number of piperidine rings is 1. The van der Waals surface area contributed by atoms with Gasteiger partial charge in [0.05, 0.1) is 0 Å². The van der Waals surface area contributed by atoms with Crippen LogP contribution in [0.1, 0.15) is 58.1 Å². The first-order valence-corrected chi connectivity index (χ1v) is 10.1. The highest BCUT2D eigenvalue weighted by molar-refractivity contribution is 7.80. The van der Waals surface area contributed by atoms with Crippen LogP contribution in [0.4, 0.5) is 11.8 Å². The van der Waals surface area contributed by atoms with E-state index in [0.717, 1.165) is 24.6 Å². The first-order chi connectivity index (χ1) is 12.0. The van der Waals surface area contributed by atoms with Gasteiger partial charge in [0.15, 0.2) is 5.11 Å². The lowest BCUT2D eigenvalue weighted by atomic mass is 9.92. The Balaban J connectivity index is 1.65. The second-order valence-electron chi connectivity index (χ2n) is 7.98. The van der Waals surface area contributed by atoms with Gasteiger partial charge >= 0.3 is 0 Å². The number of nitrogens with zero attached hydrogens (tertiary/aromatic N) is 3. The molecule has 1 aliphatic carbocycles. The Morgan fingerprint density at radius 1 is 1.12 bits per heavy atom. The summed E-state index contributed by atoms with van der Waals surface area (Å²) in [5.74, 6) is 3.01. The third-order valence-corrected chi connectivity index (χ3v) is 5.42. The summed E-state index contributed by atoms with van der Waals surface area (Å²) in [6.07, 6.45) is 7.61. The molecule has 0 spiro atoms. The molecule has 2 aliphatic rings. The molecule has 25 heavy (non-hydrogen) atoms. The van der Waals surface area contributed by atoms with E-state index < -0.39 is 0 Å². The molecule has 2 N–H and O–H groups in total. The fourth-order valence-corrected chi connectivity index (χ4v) is 4.45. The lowest BCUT2D eigenvalue weighted by molar-refractivity contribution is 0.355. The van der Waals surface area contributed by atoms with Crippen LogP contribution in [0.5, 0.6) is 0 Å². The lowest BCUT2D eigenvalue weighted by Crippen LogP contribution is -2.40. The van der Waals surface area contributed by atoms with E-state index in [9.17, 15) is 0 Å². The molecular weight excluding hydrogens is 330 g/mol. The zero-order valence-electron chi connectivity index (χ0n) is 15.7. The van der Waals surface area contributed by atoms with E-state index in [1.54, 1.807) is 0 Å². The second kappa shape index (κ2) is 8.30. The summed E-state index contributed by atoms with van der Waals surface area (Å²) in [5.41, 5.74) is 0.971. The van der Waals surface area contributed by atoms with Crippen LogP contribution in [0.2, 0.25) is 0 Å². The van der Waals surface area contributed by atoms with Crippen molar-refractivity contribution in [2.24, 2.45) is 11.8 Å². The average molecular weight is 362 g/mol. The Kier molecular flexibility index (Phi) is 6.10. The van der Waals surface area contributed by atoms with Gasteiger partial charge in [-0.25, -0.2) is 4.98 Å². The maximum Gasteiger partial charge on any atom is 0.231 e.